The fourth-order valence-corrected chi connectivity index (χ4v) is 3.29. The van der Waals surface area contributed by atoms with Gasteiger partial charge in [0.15, 0.2) is 0 Å². The molecule has 0 spiro atoms. The van der Waals surface area contributed by atoms with Crippen LogP contribution in [-0.4, -0.2) is 19.2 Å². The number of nitrogens with zero attached hydrogens (tertiary/aromatic N) is 3. The quantitative estimate of drug-likeness (QED) is 0.896. The molecular weight excluding hydrogens is 340 g/mol. The Bertz CT molecular complexity index is 1100. The third kappa shape index (κ3) is 2.78. The molecule has 3 rings (SSSR count). The van der Waals surface area contributed by atoms with Gasteiger partial charge in [0.1, 0.15) is 29.5 Å². The maximum absolute atomic E-state index is 9.62. The minimum absolute atomic E-state index is 0.137. The van der Waals surface area contributed by atoms with Crippen molar-refractivity contribution in [1.82, 2.24) is 4.98 Å². The van der Waals surface area contributed by atoms with Crippen molar-refractivity contribution in [1.29, 1.82) is 10.5 Å². The van der Waals surface area contributed by atoms with E-state index in [4.69, 9.17) is 15.2 Å². The molecule has 0 saturated carbocycles. The van der Waals surface area contributed by atoms with E-state index in [1.807, 2.05) is 32.1 Å². The molecule has 1 aliphatic carbocycles. The molecule has 1 aromatic carbocycles. The summed E-state index contributed by atoms with van der Waals surface area (Å²) in [5, 5.41) is 19.1. The maximum Gasteiger partial charge on any atom is 0.142 e. The van der Waals surface area contributed by atoms with Crippen LogP contribution in [-0.2, 0) is 0 Å². The van der Waals surface area contributed by atoms with Gasteiger partial charge in [0.05, 0.1) is 31.1 Å². The highest BCUT2D eigenvalue weighted by Crippen LogP contribution is 2.44. The van der Waals surface area contributed by atoms with Crippen molar-refractivity contribution < 1.29 is 9.47 Å². The smallest absolute Gasteiger partial charge is 0.142 e. The van der Waals surface area contributed by atoms with Gasteiger partial charge < -0.3 is 15.2 Å². The second kappa shape index (κ2) is 6.86. The number of nitrogens with two attached hydrogens (primary N) is 1. The number of hydrogen-bond acceptors (Lipinski definition) is 6. The molecule has 1 heterocycles. The zero-order valence-electron chi connectivity index (χ0n) is 15.5. The van der Waals surface area contributed by atoms with E-state index in [1.54, 1.807) is 20.3 Å². The Hall–Kier alpha value is -3.77. The van der Waals surface area contributed by atoms with E-state index in [9.17, 15) is 10.5 Å². The van der Waals surface area contributed by atoms with E-state index in [0.29, 0.717) is 33.9 Å². The minimum Gasteiger partial charge on any atom is -0.497 e. The predicted octanol–water partition coefficient (Wildman–Crippen LogP) is 3.71. The summed E-state index contributed by atoms with van der Waals surface area (Å²) in [5.41, 5.74) is 11.1. The fraction of sp³-hybridized carbons (Fsp3) is 0.190. The van der Waals surface area contributed by atoms with Crippen LogP contribution in [0.1, 0.15) is 34.9 Å². The van der Waals surface area contributed by atoms with Gasteiger partial charge in [-0.05, 0) is 48.8 Å². The average Bonchev–Trinajstić information content (AvgIpc) is 2.93. The van der Waals surface area contributed by atoms with Gasteiger partial charge in [-0.2, -0.15) is 10.5 Å². The zero-order valence-corrected chi connectivity index (χ0v) is 15.5. The summed E-state index contributed by atoms with van der Waals surface area (Å²) in [4.78, 5) is 4.33. The Morgan fingerprint density at radius 2 is 1.85 bits per heavy atom. The number of hydrogen-bond donors (Lipinski definition) is 1. The number of nitrogen functional groups attached to an aromatic ring is 1. The molecule has 27 heavy (non-hydrogen) atoms. The third-order valence-electron chi connectivity index (χ3n) is 4.72. The van der Waals surface area contributed by atoms with Crippen molar-refractivity contribution in [3.63, 3.8) is 0 Å². The van der Waals surface area contributed by atoms with Gasteiger partial charge in [0.2, 0.25) is 0 Å². The Labute approximate surface area is 157 Å². The molecule has 0 fully saturated rings. The van der Waals surface area contributed by atoms with Crippen molar-refractivity contribution >= 4 is 23.0 Å². The van der Waals surface area contributed by atoms with Crippen LogP contribution in [0.3, 0.4) is 0 Å². The molecule has 0 amide bonds. The molecule has 6 heteroatoms. The number of fused-ring (bicyclic) bond motifs is 1. The van der Waals surface area contributed by atoms with Crippen LogP contribution < -0.4 is 15.2 Å². The number of allylic oxidation sites excluding steroid dienone is 3. The van der Waals surface area contributed by atoms with Crippen LogP contribution in [0.15, 0.2) is 23.8 Å². The monoisotopic (exact) mass is 358 g/mol. The Balaban J connectivity index is 2.31. The maximum atomic E-state index is 9.62. The largest absolute Gasteiger partial charge is 0.497 e. The topological polar surface area (TPSA) is 105 Å². The van der Waals surface area contributed by atoms with E-state index in [1.165, 1.54) is 0 Å². The first-order valence-corrected chi connectivity index (χ1v) is 8.22. The number of nitriles is 2. The molecule has 2 N–H and O–H groups in total. The number of rotatable bonds is 3. The van der Waals surface area contributed by atoms with Crippen LogP contribution in [0.2, 0.25) is 0 Å². The van der Waals surface area contributed by atoms with Crippen LogP contribution in [0, 0.1) is 29.6 Å². The van der Waals surface area contributed by atoms with Gasteiger partial charge in [-0.1, -0.05) is 0 Å². The molecule has 6 nitrogen and oxygen atoms in total. The first kappa shape index (κ1) is 18.0. The summed E-state index contributed by atoms with van der Waals surface area (Å²) < 4.78 is 10.7. The second-order valence-electron chi connectivity index (χ2n) is 6.11. The normalized spacial score (nSPS) is 13.9. The van der Waals surface area contributed by atoms with Crippen molar-refractivity contribution in [2.75, 3.05) is 20.0 Å². The molecule has 2 aromatic rings. The van der Waals surface area contributed by atoms with Crippen LogP contribution in [0.4, 0.5) is 5.82 Å². The molecule has 0 unspecified atom stereocenters. The van der Waals surface area contributed by atoms with Crippen molar-refractivity contribution in [2.45, 2.75) is 13.8 Å². The first-order valence-electron chi connectivity index (χ1n) is 8.22. The van der Waals surface area contributed by atoms with Crippen LogP contribution in [0.25, 0.3) is 17.2 Å². The van der Waals surface area contributed by atoms with Gasteiger partial charge in [-0.25, -0.2) is 4.98 Å². The molecule has 0 aliphatic heterocycles. The minimum atomic E-state index is 0.137. The summed E-state index contributed by atoms with van der Waals surface area (Å²) in [5.74, 6) is 1.46. The predicted molar refractivity (Wildman–Crippen MR) is 104 cm³/mol. The van der Waals surface area contributed by atoms with Gasteiger partial charge in [-0.3, -0.25) is 0 Å². The molecular formula is C21H18N4O2. The molecule has 0 saturated heterocycles. The van der Waals surface area contributed by atoms with E-state index < -0.39 is 0 Å². The van der Waals surface area contributed by atoms with Crippen molar-refractivity contribution in [3.05, 3.63) is 51.7 Å². The lowest BCUT2D eigenvalue weighted by molar-refractivity contribution is 0.394. The van der Waals surface area contributed by atoms with E-state index in [-0.39, 0.29) is 5.82 Å². The molecule has 0 radical (unpaired) electrons. The number of methoxy groups -OCH3 is 2. The number of ether oxygens (including phenoxy) is 2. The lowest BCUT2D eigenvalue weighted by Gasteiger charge is -2.12. The summed E-state index contributed by atoms with van der Waals surface area (Å²) in [6.45, 7) is 3.69. The zero-order chi connectivity index (χ0) is 19.7. The Kier molecular flexibility index (Phi) is 4.58. The SMILES string of the molecule is COc1ccc(/C=C2/C(C)=C(C#N)c3nc(N)c(C#N)c(C)c32)c(OC)c1. The second-order valence-corrected chi connectivity index (χ2v) is 6.11. The molecule has 0 atom stereocenters. The summed E-state index contributed by atoms with van der Waals surface area (Å²) in [7, 11) is 3.18. The average molecular weight is 358 g/mol. The molecule has 1 aliphatic rings. The Morgan fingerprint density at radius 3 is 2.44 bits per heavy atom. The molecule has 0 bridgehead atoms. The number of benzene rings is 1. The van der Waals surface area contributed by atoms with Crippen molar-refractivity contribution in [2.24, 2.45) is 0 Å². The van der Waals surface area contributed by atoms with Gasteiger partial charge in [-0.15, -0.1) is 0 Å². The van der Waals surface area contributed by atoms with E-state index in [0.717, 1.165) is 22.3 Å². The number of pyridine rings is 1. The van der Waals surface area contributed by atoms with Crippen LogP contribution >= 0.6 is 0 Å². The van der Waals surface area contributed by atoms with Gasteiger partial charge >= 0.3 is 0 Å². The van der Waals surface area contributed by atoms with Crippen molar-refractivity contribution in [3.8, 4) is 23.6 Å². The highest BCUT2D eigenvalue weighted by Gasteiger charge is 2.29. The molecule has 134 valence electrons. The number of aromatic nitrogens is 1. The fourth-order valence-electron chi connectivity index (χ4n) is 3.29. The summed E-state index contributed by atoms with van der Waals surface area (Å²) in [6.07, 6.45) is 1.93. The standard InChI is InChI=1S/C21H18N4O2/c1-11-15(7-13-5-6-14(26-3)8-18(13)27-4)19-12(2)17(10-23)21(24)25-20(19)16(11)9-22/h5-8H,1-4H3,(H2,24,25)/b15-7-. The van der Waals surface area contributed by atoms with E-state index >= 15 is 0 Å². The molecule has 1 aromatic heterocycles. The third-order valence-corrected chi connectivity index (χ3v) is 4.72. The highest BCUT2D eigenvalue weighted by molar-refractivity contribution is 6.09. The van der Waals surface area contributed by atoms with E-state index in [2.05, 4.69) is 17.1 Å². The summed E-state index contributed by atoms with van der Waals surface area (Å²) in [6, 6.07) is 9.83. The summed E-state index contributed by atoms with van der Waals surface area (Å²) >= 11 is 0. The lowest BCUT2D eigenvalue weighted by atomic mass is 9.95. The first-order chi connectivity index (χ1) is 13.0. The van der Waals surface area contributed by atoms with Gasteiger partial charge in [0.25, 0.3) is 0 Å². The Morgan fingerprint density at radius 1 is 1.11 bits per heavy atom. The van der Waals surface area contributed by atoms with Crippen LogP contribution in [0.5, 0.6) is 11.5 Å². The lowest BCUT2D eigenvalue weighted by Crippen LogP contribution is -2.03. The number of anilines is 1. The highest BCUT2D eigenvalue weighted by atomic mass is 16.5. The van der Waals surface area contributed by atoms with Gasteiger partial charge in [0, 0.05) is 17.2 Å².